The van der Waals surface area contributed by atoms with Crippen molar-refractivity contribution in [1.82, 2.24) is 0 Å². The number of halogens is 2. The maximum absolute atomic E-state index is 5.81. The summed E-state index contributed by atoms with van der Waals surface area (Å²) >= 11 is 5.81. The molecule has 0 fully saturated rings. The van der Waals surface area contributed by atoms with Crippen LogP contribution in [0.3, 0.4) is 0 Å². The largest absolute Gasteiger partial charge is 0.370 e. The van der Waals surface area contributed by atoms with Crippen LogP contribution in [0.4, 0.5) is 5.69 Å². The minimum absolute atomic E-state index is 0. The lowest BCUT2D eigenvalue weighted by Crippen LogP contribution is -2.26. The van der Waals surface area contributed by atoms with Gasteiger partial charge >= 0.3 is 0 Å². The molecule has 1 rings (SSSR count). The van der Waals surface area contributed by atoms with E-state index in [1.54, 1.807) is 24.3 Å². The highest BCUT2D eigenvalue weighted by atomic mass is 35.5. The smallest absolute Gasteiger partial charge is 0.218 e. The first kappa shape index (κ1) is 22.8. The predicted octanol–water partition coefficient (Wildman–Crippen LogP) is 1.64. The Balaban J connectivity index is 0.00000576. The highest BCUT2D eigenvalue weighted by Gasteiger charge is 1.97. The molecule has 0 spiro atoms. The van der Waals surface area contributed by atoms with E-state index in [-0.39, 0.29) is 30.3 Å². The van der Waals surface area contributed by atoms with Crippen LogP contribution < -0.4 is 28.3 Å². The molecule has 8 nitrogen and oxygen atoms in total. The Bertz CT molecular complexity index is 580. The zero-order valence-electron chi connectivity index (χ0n) is 14.0. The van der Waals surface area contributed by atoms with E-state index in [1.807, 2.05) is 0 Å². The molecule has 9 N–H and O–H groups in total. The lowest BCUT2D eigenvalue weighted by atomic mass is 10.2. The van der Waals surface area contributed by atoms with Gasteiger partial charge in [-0.1, -0.05) is 24.4 Å². The summed E-state index contributed by atoms with van der Waals surface area (Å²) in [4.78, 5) is 12.1. The van der Waals surface area contributed by atoms with Crippen molar-refractivity contribution in [3.05, 3.63) is 29.3 Å². The number of hydrogen-bond acceptors (Lipinski definition) is 2. The van der Waals surface area contributed by atoms with Crippen LogP contribution in [0.5, 0.6) is 0 Å². The first-order valence-electron chi connectivity index (χ1n) is 7.69. The fourth-order valence-corrected chi connectivity index (χ4v) is 1.97. The molecule has 0 saturated heterocycles. The summed E-state index contributed by atoms with van der Waals surface area (Å²) in [6.45, 7) is 1.26. The van der Waals surface area contributed by atoms with Crippen molar-refractivity contribution in [3.63, 3.8) is 0 Å². The lowest BCUT2D eigenvalue weighted by Gasteiger charge is -2.05. The number of nitrogens with two attached hydrogens (primary N) is 4. The van der Waals surface area contributed by atoms with Gasteiger partial charge in [-0.25, -0.2) is 0 Å². The second kappa shape index (κ2) is 13.1. The van der Waals surface area contributed by atoms with Gasteiger partial charge in [-0.2, -0.15) is 4.99 Å². The summed E-state index contributed by atoms with van der Waals surface area (Å²) in [5.41, 5.74) is 22.8. The number of rotatable bonds is 8. The molecule has 0 saturated carbocycles. The third kappa shape index (κ3) is 11.9. The highest BCUT2D eigenvalue weighted by molar-refractivity contribution is 6.30. The molecule has 0 aliphatic carbocycles. The topological polar surface area (TPSA) is 153 Å². The molecule has 0 aliphatic heterocycles. The zero-order valence-corrected chi connectivity index (χ0v) is 15.6. The summed E-state index contributed by atoms with van der Waals surface area (Å²) < 4.78 is 0. The Hall–Kier alpha value is -2.19. The third-order valence-corrected chi connectivity index (χ3v) is 3.24. The van der Waals surface area contributed by atoms with Crippen molar-refractivity contribution in [1.29, 1.82) is 0 Å². The fraction of sp³-hybridized carbons (Fsp3) is 0.400. The SMILES string of the molecule is Cl.NC(N)=NCCCCCCN=C(N)N=C(N)Nc1ccc(Cl)cc1. The van der Waals surface area contributed by atoms with E-state index in [2.05, 4.69) is 20.3 Å². The molecular weight excluding hydrogens is 363 g/mol. The quantitative estimate of drug-likeness (QED) is 0.260. The molecule has 0 aliphatic rings. The van der Waals surface area contributed by atoms with Crippen LogP contribution in [0, 0.1) is 0 Å². The number of guanidine groups is 3. The molecule has 10 heteroatoms. The molecule has 0 radical (unpaired) electrons. The molecule has 25 heavy (non-hydrogen) atoms. The first-order chi connectivity index (χ1) is 11.5. The van der Waals surface area contributed by atoms with Gasteiger partial charge in [0.1, 0.15) is 0 Å². The first-order valence-corrected chi connectivity index (χ1v) is 8.07. The molecule has 0 heterocycles. The van der Waals surface area contributed by atoms with E-state index >= 15 is 0 Å². The van der Waals surface area contributed by atoms with Gasteiger partial charge in [-0.3, -0.25) is 9.98 Å². The second-order valence-electron chi connectivity index (χ2n) is 5.09. The standard InChI is InChI=1S/C15H25ClN8.ClH/c16-11-5-7-12(8-6-11)23-15(20)24-14(19)22-10-4-2-1-3-9-21-13(17)18;/h5-8H,1-4,9-10H2,(H4,17,18,21)(H5,19,20,22,23,24);1H. The van der Waals surface area contributed by atoms with Crippen LogP contribution in [0.2, 0.25) is 5.02 Å². The van der Waals surface area contributed by atoms with Crippen LogP contribution >= 0.6 is 24.0 Å². The van der Waals surface area contributed by atoms with Gasteiger partial charge in [-0.05, 0) is 37.1 Å². The summed E-state index contributed by atoms with van der Waals surface area (Å²) in [6.07, 6.45) is 3.94. The average molecular weight is 389 g/mol. The molecule has 0 unspecified atom stereocenters. The molecule has 0 amide bonds. The Labute approximate surface area is 159 Å². The average Bonchev–Trinajstić information content (AvgIpc) is 2.51. The maximum Gasteiger partial charge on any atom is 0.218 e. The summed E-state index contributed by atoms with van der Waals surface area (Å²) in [7, 11) is 0. The Morgan fingerprint density at radius 2 is 1.44 bits per heavy atom. The van der Waals surface area contributed by atoms with E-state index in [0.717, 1.165) is 31.4 Å². The van der Waals surface area contributed by atoms with Crippen LogP contribution in [0.15, 0.2) is 39.2 Å². The number of benzene rings is 1. The normalized spacial score (nSPS) is 11.6. The fourth-order valence-electron chi connectivity index (χ4n) is 1.85. The predicted molar refractivity (Wildman–Crippen MR) is 110 cm³/mol. The summed E-state index contributed by atoms with van der Waals surface area (Å²) in [5.74, 6) is 0.459. The molecule has 0 bridgehead atoms. The minimum Gasteiger partial charge on any atom is -0.370 e. The van der Waals surface area contributed by atoms with E-state index in [0.29, 0.717) is 18.1 Å². The number of aliphatic imine (C=N–C) groups is 3. The monoisotopic (exact) mass is 388 g/mol. The second-order valence-corrected chi connectivity index (χ2v) is 5.53. The van der Waals surface area contributed by atoms with Crippen LogP contribution in [-0.2, 0) is 0 Å². The number of anilines is 1. The molecule has 1 aromatic carbocycles. The van der Waals surface area contributed by atoms with Gasteiger partial charge in [0, 0.05) is 23.8 Å². The van der Waals surface area contributed by atoms with Crippen molar-refractivity contribution >= 4 is 47.6 Å². The van der Waals surface area contributed by atoms with Gasteiger partial charge < -0.3 is 28.3 Å². The molecule has 0 atom stereocenters. The number of unbranched alkanes of at least 4 members (excludes halogenated alkanes) is 3. The van der Waals surface area contributed by atoms with Crippen molar-refractivity contribution in [2.45, 2.75) is 25.7 Å². The molecule has 0 aromatic heterocycles. The van der Waals surface area contributed by atoms with E-state index in [9.17, 15) is 0 Å². The van der Waals surface area contributed by atoms with Crippen LogP contribution in [0.25, 0.3) is 0 Å². The maximum atomic E-state index is 5.81. The lowest BCUT2D eigenvalue weighted by molar-refractivity contribution is 0.653. The zero-order chi connectivity index (χ0) is 17.8. The van der Waals surface area contributed by atoms with E-state index in [1.165, 1.54) is 0 Å². The van der Waals surface area contributed by atoms with Gasteiger partial charge in [0.25, 0.3) is 0 Å². The minimum atomic E-state index is 0. The molecular formula is C15H26Cl2N8. The van der Waals surface area contributed by atoms with Crippen molar-refractivity contribution in [3.8, 4) is 0 Å². The van der Waals surface area contributed by atoms with Gasteiger partial charge in [-0.15, -0.1) is 12.4 Å². The van der Waals surface area contributed by atoms with E-state index in [4.69, 9.17) is 34.5 Å². The summed E-state index contributed by atoms with van der Waals surface area (Å²) in [6, 6.07) is 7.09. The van der Waals surface area contributed by atoms with Gasteiger partial charge in [0.05, 0.1) is 0 Å². The molecule has 1 aromatic rings. The van der Waals surface area contributed by atoms with Crippen LogP contribution in [0.1, 0.15) is 25.7 Å². The molecule has 140 valence electrons. The summed E-state index contributed by atoms with van der Waals surface area (Å²) in [5, 5.41) is 3.56. The number of nitrogens with zero attached hydrogens (tertiary/aromatic N) is 3. The number of nitrogens with one attached hydrogen (secondary N) is 1. The van der Waals surface area contributed by atoms with Gasteiger partial charge in [0.2, 0.25) is 11.9 Å². The van der Waals surface area contributed by atoms with Gasteiger partial charge in [0.15, 0.2) is 5.96 Å². The third-order valence-electron chi connectivity index (χ3n) is 2.99. The van der Waals surface area contributed by atoms with Crippen LogP contribution in [-0.4, -0.2) is 31.0 Å². The Morgan fingerprint density at radius 3 is 2.00 bits per heavy atom. The Kier molecular flexibility index (Phi) is 12.0. The van der Waals surface area contributed by atoms with Crippen molar-refractivity contribution in [2.24, 2.45) is 37.9 Å². The van der Waals surface area contributed by atoms with E-state index < -0.39 is 0 Å². The highest BCUT2D eigenvalue weighted by Crippen LogP contribution is 2.12. The number of hydrogen-bond donors (Lipinski definition) is 5. The van der Waals surface area contributed by atoms with Crippen molar-refractivity contribution < 1.29 is 0 Å². The van der Waals surface area contributed by atoms with Crippen molar-refractivity contribution in [2.75, 3.05) is 18.4 Å². The Morgan fingerprint density at radius 1 is 0.880 bits per heavy atom.